The predicted octanol–water partition coefficient (Wildman–Crippen LogP) is 2.54. The highest BCUT2D eigenvalue weighted by molar-refractivity contribution is 5.24. The molecule has 1 aromatic rings. The van der Waals surface area contributed by atoms with Gasteiger partial charge < -0.3 is 14.6 Å². The summed E-state index contributed by atoms with van der Waals surface area (Å²) in [6.45, 7) is 2.06. The van der Waals surface area contributed by atoms with Crippen molar-refractivity contribution in [3.05, 3.63) is 17.2 Å². The zero-order valence-corrected chi connectivity index (χ0v) is 12.4. The van der Waals surface area contributed by atoms with Gasteiger partial charge in [0.05, 0.1) is 11.8 Å². The van der Waals surface area contributed by atoms with Gasteiger partial charge in [0.25, 0.3) is 0 Å². The maximum atomic E-state index is 5.48. The minimum absolute atomic E-state index is 0.469. The highest BCUT2D eigenvalue weighted by Crippen LogP contribution is 2.42. The van der Waals surface area contributed by atoms with Crippen LogP contribution in [0.5, 0.6) is 0 Å². The molecule has 110 valence electrons. The van der Waals surface area contributed by atoms with Crippen molar-refractivity contribution in [3.8, 4) is 0 Å². The third-order valence-electron chi connectivity index (χ3n) is 5.44. The largest absolute Gasteiger partial charge is 0.381 e. The molecule has 0 saturated heterocycles. The predicted molar refractivity (Wildman–Crippen MR) is 77.9 cm³/mol. The van der Waals surface area contributed by atoms with E-state index in [4.69, 9.17) is 9.72 Å². The van der Waals surface area contributed by atoms with Crippen molar-refractivity contribution in [1.82, 2.24) is 14.9 Å². The number of fused-ring (bicyclic) bond motifs is 1. The lowest BCUT2D eigenvalue weighted by molar-refractivity contribution is 0.00426. The maximum Gasteiger partial charge on any atom is 0.112 e. The molecule has 1 aromatic heterocycles. The number of nitrogens with one attached hydrogen (secondary N) is 1. The number of rotatable bonds is 3. The lowest BCUT2D eigenvalue weighted by Crippen LogP contribution is -2.35. The highest BCUT2D eigenvalue weighted by atomic mass is 16.5. The molecule has 0 unspecified atom stereocenters. The molecule has 2 heterocycles. The van der Waals surface area contributed by atoms with Crippen LogP contribution in [0.4, 0.5) is 0 Å². The van der Waals surface area contributed by atoms with Gasteiger partial charge in [-0.15, -0.1) is 0 Å². The maximum absolute atomic E-state index is 5.48. The minimum atomic E-state index is 0.469. The van der Waals surface area contributed by atoms with Crippen LogP contribution in [0.25, 0.3) is 0 Å². The van der Waals surface area contributed by atoms with Gasteiger partial charge in [-0.2, -0.15) is 0 Å². The van der Waals surface area contributed by atoms with Crippen molar-refractivity contribution in [1.29, 1.82) is 0 Å². The van der Waals surface area contributed by atoms with Gasteiger partial charge in [0, 0.05) is 44.3 Å². The standard InChI is InChI=1S/C16H25N3O/c1-20-13-8-12(9-13)19-15-6-7-17-10-14(15)18-16(19)11-4-2-3-5-11/h11-13,17H,2-10H2,1H3. The van der Waals surface area contributed by atoms with Gasteiger partial charge in [0.15, 0.2) is 0 Å². The summed E-state index contributed by atoms with van der Waals surface area (Å²) in [5.41, 5.74) is 2.84. The normalized spacial score (nSPS) is 30.2. The topological polar surface area (TPSA) is 39.1 Å². The monoisotopic (exact) mass is 275 g/mol. The Hall–Kier alpha value is -0.870. The summed E-state index contributed by atoms with van der Waals surface area (Å²) >= 11 is 0. The van der Waals surface area contributed by atoms with Crippen molar-refractivity contribution in [3.63, 3.8) is 0 Å². The first-order chi connectivity index (χ1) is 9.86. The highest BCUT2D eigenvalue weighted by Gasteiger charge is 2.36. The number of imidazole rings is 1. The third-order valence-corrected chi connectivity index (χ3v) is 5.44. The fraction of sp³-hybridized carbons (Fsp3) is 0.812. The van der Waals surface area contributed by atoms with E-state index in [9.17, 15) is 0 Å². The molecule has 1 aliphatic heterocycles. The van der Waals surface area contributed by atoms with E-state index in [-0.39, 0.29) is 0 Å². The Bertz CT molecular complexity index is 484. The molecule has 3 aliphatic rings. The Morgan fingerprint density at radius 3 is 2.80 bits per heavy atom. The van der Waals surface area contributed by atoms with E-state index in [1.807, 2.05) is 7.11 Å². The lowest BCUT2D eigenvalue weighted by atomic mass is 9.88. The zero-order valence-electron chi connectivity index (χ0n) is 12.4. The van der Waals surface area contributed by atoms with Gasteiger partial charge in [0.2, 0.25) is 0 Å². The van der Waals surface area contributed by atoms with Crippen molar-refractivity contribution < 1.29 is 4.74 Å². The van der Waals surface area contributed by atoms with Crippen LogP contribution >= 0.6 is 0 Å². The molecule has 0 aromatic carbocycles. The van der Waals surface area contributed by atoms with Crippen LogP contribution in [-0.2, 0) is 17.7 Å². The Morgan fingerprint density at radius 2 is 2.05 bits per heavy atom. The molecule has 0 radical (unpaired) electrons. The van der Waals surface area contributed by atoms with Crippen molar-refractivity contribution in [2.24, 2.45) is 0 Å². The molecule has 0 bridgehead atoms. The molecule has 2 aliphatic carbocycles. The molecule has 20 heavy (non-hydrogen) atoms. The molecule has 2 fully saturated rings. The van der Waals surface area contributed by atoms with Crippen molar-refractivity contribution in [2.75, 3.05) is 13.7 Å². The number of nitrogens with zero attached hydrogens (tertiary/aromatic N) is 2. The Labute approximate surface area is 120 Å². The quantitative estimate of drug-likeness (QED) is 0.921. The lowest BCUT2D eigenvalue weighted by Gasteiger charge is -2.38. The van der Waals surface area contributed by atoms with E-state index in [2.05, 4.69) is 9.88 Å². The first-order valence-corrected chi connectivity index (χ1v) is 8.20. The summed E-state index contributed by atoms with van der Waals surface area (Å²) in [7, 11) is 1.84. The summed E-state index contributed by atoms with van der Waals surface area (Å²) in [6.07, 6.45) is 9.39. The molecule has 1 N–H and O–H groups in total. The molecule has 0 spiro atoms. The van der Waals surface area contributed by atoms with Gasteiger partial charge in [-0.1, -0.05) is 12.8 Å². The zero-order chi connectivity index (χ0) is 13.5. The number of hydrogen-bond donors (Lipinski definition) is 1. The smallest absolute Gasteiger partial charge is 0.112 e. The van der Waals surface area contributed by atoms with E-state index in [1.165, 1.54) is 55.7 Å². The Balaban J connectivity index is 1.68. The minimum Gasteiger partial charge on any atom is -0.381 e. The summed E-state index contributed by atoms with van der Waals surface area (Å²) in [4.78, 5) is 5.05. The SMILES string of the molecule is COC1CC(n2c(C3CCCC3)nc3c2CCNC3)C1. The number of hydrogen-bond acceptors (Lipinski definition) is 3. The van der Waals surface area contributed by atoms with Crippen LogP contribution < -0.4 is 5.32 Å². The Kier molecular flexibility index (Phi) is 3.31. The average Bonchev–Trinajstić information content (AvgIpc) is 3.04. The van der Waals surface area contributed by atoms with E-state index in [0.717, 1.165) is 19.5 Å². The van der Waals surface area contributed by atoms with Crippen LogP contribution in [0.3, 0.4) is 0 Å². The third kappa shape index (κ3) is 2.01. The molecule has 4 rings (SSSR count). The fourth-order valence-electron chi connectivity index (χ4n) is 4.17. The van der Waals surface area contributed by atoms with Crippen LogP contribution in [0.15, 0.2) is 0 Å². The summed E-state index contributed by atoms with van der Waals surface area (Å²) in [5, 5.41) is 3.47. The van der Waals surface area contributed by atoms with Crippen molar-refractivity contribution in [2.45, 2.75) is 69.6 Å². The van der Waals surface area contributed by atoms with Crippen molar-refractivity contribution >= 4 is 0 Å². The van der Waals surface area contributed by atoms with Crippen LogP contribution in [0, 0.1) is 0 Å². The van der Waals surface area contributed by atoms with Gasteiger partial charge in [-0.3, -0.25) is 0 Å². The average molecular weight is 275 g/mol. The van der Waals surface area contributed by atoms with Gasteiger partial charge in [0.1, 0.15) is 5.82 Å². The summed E-state index contributed by atoms with van der Waals surface area (Å²) in [6, 6.07) is 0.643. The molecular formula is C16H25N3O. The second kappa shape index (κ2) is 5.15. The number of ether oxygens (including phenoxy) is 1. The van der Waals surface area contributed by atoms with E-state index < -0.39 is 0 Å². The van der Waals surface area contributed by atoms with Gasteiger partial charge in [-0.25, -0.2) is 4.98 Å². The van der Waals surface area contributed by atoms with E-state index in [0.29, 0.717) is 18.1 Å². The molecule has 4 heteroatoms. The van der Waals surface area contributed by atoms with Crippen LogP contribution in [-0.4, -0.2) is 29.3 Å². The Morgan fingerprint density at radius 1 is 1.25 bits per heavy atom. The molecule has 0 atom stereocenters. The first kappa shape index (κ1) is 12.8. The first-order valence-electron chi connectivity index (χ1n) is 8.20. The molecule has 4 nitrogen and oxygen atoms in total. The second-order valence-electron chi connectivity index (χ2n) is 6.62. The molecule has 2 saturated carbocycles. The second-order valence-corrected chi connectivity index (χ2v) is 6.62. The van der Waals surface area contributed by atoms with Crippen LogP contribution in [0.2, 0.25) is 0 Å². The number of aromatic nitrogens is 2. The molecule has 0 amide bonds. The number of methoxy groups -OCH3 is 1. The summed E-state index contributed by atoms with van der Waals surface area (Å²) in [5.74, 6) is 2.11. The van der Waals surface area contributed by atoms with Gasteiger partial charge in [-0.05, 0) is 25.7 Å². The van der Waals surface area contributed by atoms with Gasteiger partial charge >= 0.3 is 0 Å². The van der Waals surface area contributed by atoms with E-state index in [1.54, 1.807) is 0 Å². The fourth-order valence-corrected chi connectivity index (χ4v) is 4.17. The van der Waals surface area contributed by atoms with E-state index >= 15 is 0 Å². The summed E-state index contributed by atoms with van der Waals surface area (Å²) < 4.78 is 8.10. The molecular weight excluding hydrogens is 250 g/mol. The van der Waals surface area contributed by atoms with Crippen LogP contribution in [0.1, 0.15) is 67.7 Å².